The van der Waals surface area contributed by atoms with Crippen molar-refractivity contribution in [1.29, 1.82) is 15.8 Å². The summed E-state index contributed by atoms with van der Waals surface area (Å²) in [6, 6.07) is 15.9. The van der Waals surface area contributed by atoms with E-state index in [0.29, 0.717) is 132 Å². The first kappa shape index (κ1) is 101. The van der Waals surface area contributed by atoms with Crippen molar-refractivity contribution >= 4 is 207 Å². The molecular formula is C93H75Cl12F3N18O9. The summed E-state index contributed by atoms with van der Waals surface area (Å²) in [4.78, 5) is 118. The first-order valence-electron chi connectivity index (χ1n) is 41.1. The number of nitrogens with zero attached hydrogens (tertiary/aromatic N) is 18. The van der Waals surface area contributed by atoms with Gasteiger partial charge in [-0.2, -0.15) is 15.8 Å². The summed E-state index contributed by atoms with van der Waals surface area (Å²) in [6.45, 7) is 31.1. The summed E-state index contributed by atoms with van der Waals surface area (Å²) in [5.41, 5.74) is 1.93. The second-order valence-electron chi connectivity index (χ2n) is 32.0. The minimum atomic E-state index is -1.14. The molecule has 0 bridgehead atoms. The minimum absolute atomic E-state index is 0.0250. The van der Waals surface area contributed by atoms with Crippen LogP contribution in [-0.2, 0) is 14.4 Å². The van der Waals surface area contributed by atoms with E-state index in [1.165, 1.54) is 50.1 Å². The minimum Gasteiger partial charge on any atom is -0.505 e. The number of halogens is 15. The van der Waals surface area contributed by atoms with Crippen molar-refractivity contribution in [2.45, 2.75) is 80.1 Å². The Balaban J connectivity index is 0.000000171. The van der Waals surface area contributed by atoms with Gasteiger partial charge in [0.25, 0.3) is 16.7 Å². The lowest BCUT2D eigenvalue weighted by atomic mass is 10.0. The number of pyridine rings is 9. The smallest absolute Gasteiger partial charge is 0.276 e. The van der Waals surface area contributed by atoms with Gasteiger partial charge in [-0.05, 0) is 110 Å². The molecule has 3 saturated heterocycles. The normalized spacial score (nSPS) is 13.4. The third-order valence-corrected chi connectivity index (χ3v) is 27.2. The first-order valence-corrected chi connectivity index (χ1v) is 45.6. The van der Waals surface area contributed by atoms with Crippen LogP contribution in [0.1, 0.15) is 110 Å². The molecule has 3 aliphatic rings. The third kappa shape index (κ3) is 18.2. The molecule has 0 spiro atoms. The molecule has 3 N–H and O–H groups in total. The van der Waals surface area contributed by atoms with Crippen LogP contribution in [0.5, 0.6) is 17.2 Å². The van der Waals surface area contributed by atoms with Crippen molar-refractivity contribution in [2.24, 2.45) is 0 Å². The monoisotopic (exact) mass is 2060 g/mol. The van der Waals surface area contributed by atoms with E-state index in [-0.39, 0.29) is 143 Å². The summed E-state index contributed by atoms with van der Waals surface area (Å²) in [6.07, 6.45) is 8.56. The van der Waals surface area contributed by atoms with Crippen LogP contribution >= 0.6 is 139 Å². The third-order valence-electron chi connectivity index (χ3n) is 23.0. The van der Waals surface area contributed by atoms with E-state index in [2.05, 4.69) is 52.9 Å². The Morgan fingerprint density at radius 2 is 0.630 bits per heavy atom. The maximum absolute atomic E-state index is 15.6. The Hall–Kier alpha value is -11.6. The zero-order valence-corrected chi connectivity index (χ0v) is 81.8. The highest BCUT2D eigenvalue weighted by molar-refractivity contribution is 6.48. The SMILES string of the molecule is C=CC(=O)N1CCN(c2c(C#N)c(=O)n(-c3c(C)ccnc3C(C)C)c3nc(-c4c(Cl)c(O)c(Cl)c(F)c4Cl)c(Cl)cc23)CC1.C=CC(=O)N1CCN(c2c(C#N)c(=O)n(-c3c(C)ccnc3C(C)C)c3nc(-c4c(Cl)c(O)c(Cl)c(F)c4Cl)c(Cl)cc23)CC1.C=CC(=O)N1CCN(c2c(C#N)c(=O)n(-c3c(C)ccnc3C(C)C)c3nc(-c4c(F)c(Cl)c(Cl)c(O)c4Cl)c(Cl)cc23)CC1. The number of anilines is 3. The second-order valence-corrected chi connectivity index (χ2v) is 36.7. The fraction of sp³-hybridized carbons (Fsp3) is 0.258. The first-order chi connectivity index (χ1) is 64.0. The molecule has 12 heterocycles. The predicted octanol–water partition coefficient (Wildman–Crippen LogP) is 21.1. The number of aryl methyl sites for hydroxylation is 3. The van der Waals surface area contributed by atoms with Crippen molar-refractivity contribution in [1.82, 2.24) is 58.3 Å². The van der Waals surface area contributed by atoms with Gasteiger partial charge >= 0.3 is 0 Å². The van der Waals surface area contributed by atoms with Crippen LogP contribution in [-0.4, -0.2) is 170 Å². The number of rotatable bonds is 15. The number of hydrogen-bond acceptors (Lipinski definition) is 21. The number of phenols is 3. The highest BCUT2D eigenvalue weighted by Crippen LogP contribution is 2.53. The molecule has 9 aromatic heterocycles. The number of hydrogen-bond donors (Lipinski definition) is 3. The Kier molecular flexibility index (Phi) is 30.4. The molecule has 135 heavy (non-hydrogen) atoms. The summed E-state index contributed by atoms with van der Waals surface area (Å²) >= 11 is 76.0. The average molecular weight is 2070 g/mol. The van der Waals surface area contributed by atoms with Crippen LogP contribution in [0.3, 0.4) is 0 Å². The number of aromatic nitrogens is 9. The van der Waals surface area contributed by atoms with Crippen LogP contribution < -0.4 is 31.4 Å². The molecule has 0 radical (unpaired) electrons. The van der Waals surface area contributed by atoms with Gasteiger partial charge in [-0.3, -0.25) is 57.4 Å². The molecular weight excluding hydrogens is 2000 g/mol. The van der Waals surface area contributed by atoms with E-state index in [4.69, 9.17) is 154 Å². The molecule has 3 fully saturated rings. The number of nitriles is 3. The predicted molar refractivity (Wildman–Crippen MR) is 524 cm³/mol. The number of benzene rings is 3. The Morgan fingerprint density at radius 1 is 0.378 bits per heavy atom. The molecule has 42 heteroatoms. The summed E-state index contributed by atoms with van der Waals surface area (Å²) in [5, 5.41) is 58.5. The number of carbonyl (C=O) groups excluding carboxylic acids is 3. The van der Waals surface area contributed by atoms with Gasteiger partial charge in [-0.15, -0.1) is 0 Å². The average Bonchev–Trinajstić information content (AvgIpc) is 0.728. The van der Waals surface area contributed by atoms with Crippen LogP contribution in [0, 0.1) is 72.2 Å². The number of carbonyl (C=O) groups is 3. The summed E-state index contributed by atoms with van der Waals surface area (Å²) in [5.74, 6) is -6.67. The van der Waals surface area contributed by atoms with Gasteiger partial charge in [0.05, 0.1) is 119 Å². The number of amides is 3. The Morgan fingerprint density at radius 3 is 0.881 bits per heavy atom. The van der Waals surface area contributed by atoms with Gasteiger partial charge in [0.2, 0.25) is 17.7 Å². The topological polar surface area (TPSA) is 346 Å². The van der Waals surface area contributed by atoms with Crippen molar-refractivity contribution < 1.29 is 42.9 Å². The van der Waals surface area contributed by atoms with Crippen molar-refractivity contribution in [3.8, 4) is 86.3 Å². The Bertz CT molecular complexity index is 6650. The molecule has 696 valence electrons. The molecule has 3 aromatic carbocycles. The molecule has 3 aliphatic heterocycles. The second kappa shape index (κ2) is 40.7. The molecule has 0 unspecified atom stereocenters. The molecule has 0 saturated carbocycles. The lowest BCUT2D eigenvalue weighted by molar-refractivity contribution is -0.127. The van der Waals surface area contributed by atoms with Crippen LogP contribution in [0.15, 0.2) is 107 Å². The van der Waals surface area contributed by atoms with Gasteiger partial charge in [-0.1, -0.05) is 200 Å². The number of piperazine rings is 3. The van der Waals surface area contributed by atoms with Gasteiger partial charge in [0.1, 0.15) is 66.9 Å². The van der Waals surface area contributed by atoms with Crippen LogP contribution in [0.25, 0.3) is 83.9 Å². The maximum atomic E-state index is 15.6. The quantitative estimate of drug-likeness (QED) is 0.0487. The summed E-state index contributed by atoms with van der Waals surface area (Å²) in [7, 11) is 0. The van der Waals surface area contributed by atoms with Crippen molar-refractivity contribution in [3.05, 3.63) is 252 Å². The zero-order chi connectivity index (χ0) is 98.7. The molecule has 3 amide bonds. The molecule has 27 nitrogen and oxygen atoms in total. The van der Waals surface area contributed by atoms with E-state index in [1.807, 2.05) is 56.2 Å². The highest BCUT2D eigenvalue weighted by Gasteiger charge is 2.38. The molecule has 12 aromatic rings. The molecule has 15 rings (SSSR count). The fourth-order valence-electron chi connectivity index (χ4n) is 16.4. The van der Waals surface area contributed by atoms with Gasteiger partial charge in [0, 0.05) is 124 Å². The largest absolute Gasteiger partial charge is 0.505 e. The lowest BCUT2D eigenvalue weighted by Gasteiger charge is -2.36. The number of fused-ring (bicyclic) bond motifs is 3. The Labute approximate surface area is 829 Å². The maximum Gasteiger partial charge on any atom is 0.276 e. The molecule has 0 aliphatic carbocycles. The van der Waals surface area contributed by atoms with Gasteiger partial charge in [0.15, 0.2) is 34.7 Å². The number of phenolic OH excluding ortho intramolecular Hbond substituents is 3. The van der Waals surface area contributed by atoms with Crippen LogP contribution in [0.2, 0.25) is 60.3 Å². The zero-order valence-electron chi connectivity index (χ0n) is 72.8. The van der Waals surface area contributed by atoms with E-state index in [0.717, 1.165) is 0 Å². The summed E-state index contributed by atoms with van der Waals surface area (Å²) < 4.78 is 49.5. The van der Waals surface area contributed by atoms with E-state index >= 15 is 4.39 Å². The molecule has 0 atom stereocenters. The standard InChI is InChI=1S/3C31H25Cl4FN6O3/c1-5-19(43)40-8-10-41(11-9-40)28-16-12-18(32)26(20-21(33)29(44)23(35)22(34)24(20)36)39-30(16)42(31(45)17(28)13-37)27-15(4)6-7-38-25(27)14(2)3;2*1-5-19(43)40-8-10-41(11-9-40)28-16-12-18(32)26(20-21(33)24(36)23(35)29(44)22(20)34)39-30(16)42(31(45)17(28)13-37)27-15(4)6-7-38-25(27)14(2)3/h3*5-7,12,14,44H,1,8-11H2,2-4H3. The van der Waals surface area contributed by atoms with Gasteiger partial charge in [-0.25, -0.2) is 28.1 Å². The van der Waals surface area contributed by atoms with Crippen LogP contribution in [0.4, 0.5) is 30.2 Å². The van der Waals surface area contributed by atoms with Gasteiger partial charge < -0.3 is 44.7 Å². The highest BCUT2D eigenvalue weighted by atomic mass is 35.5. The van der Waals surface area contributed by atoms with E-state index in [1.54, 1.807) is 72.3 Å². The fourth-order valence-corrected chi connectivity index (χ4v) is 19.6. The van der Waals surface area contributed by atoms with Crippen molar-refractivity contribution in [3.63, 3.8) is 0 Å². The van der Waals surface area contributed by atoms with E-state index in [9.17, 15) is 68.7 Å². The lowest BCUT2D eigenvalue weighted by Crippen LogP contribution is -2.49. The number of aromatic hydroxyl groups is 3. The van der Waals surface area contributed by atoms with E-state index < -0.39 is 102 Å². The van der Waals surface area contributed by atoms with Crippen molar-refractivity contribution in [2.75, 3.05) is 93.2 Å².